The molecule has 0 aliphatic heterocycles. The second kappa shape index (κ2) is 6.19. The molecule has 1 aromatic carbocycles. The van der Waals surface area contributed by atoms with Crippen LogP contribution in [0.2, 0.25) is 0 Å². The van der Waals surface area contributed by atoms with E-state index in [-0.39, 0.29) is 0 Å². The maximum absolute atomic E-state index is 12.2. The van der Waals surface area contributed by atoms with Crippen LogP contribution in [-0.4, -0.2) is 17.0 Å². The van der Waals surface area contributed by atoms with Crippen molar-refractivity contribution < 1.29 is 14.7 Å². The Morgan fingerprint density at radius 3 is 2.70 bits per heavy atom. The summed E-state index contributed by atoms with van der Waals surface area (Å²) in [4.78, 5) is 24.1. The largest absolute Gasteiger partial charge is 0.479 e. The fraction of sp³-hybridized carbons (Fsp3) is 0.143. The number of thiophene rings is 1. The number of carbonyl (C=O) groups is 2. The summed E-state index contributed by atoms with van der Waals surface area (Å²) in [5.41, 5.74) is 1.25. The summed E-state index contributed by atoms with van der Waals surface area (Å²) in [5, 5.41) is 13.6. The molecule has 2 N–H and O–H groups in total. The molecular weight excluding hydrogens is 342 g/mol. The lowest BCUT2D eigenvalue weighted by Crippen LogP contribution is -2.33. The molecule has 20 heavy (non-hydrogen) atoms. The van der Waals surface area contributed by atoms with Crippen molar-refractivity contribution in [1.82, 2.24) is 5.32 Å². The second-order valence-electron chi connectivity index (χ2n) is 4.22. The Bertz CT molecular complexity index is 640. The molecule has 0 saturated heterocycles. The van der Waals surface area contributed by atoms with E-state index in [0.717, 1.165) is 10.0 Å². The second-order valence-corrected chi connectivity index (χ2v) is 6.11. The molecule has 0 aliphatic carbocycles. The van der Waals surface area contributed by atoms with Gasteiger partial charge in [0.25, 0.3) is 5.91 Å². The minimum absolute atomic E-state index is 0.399. The molecule has 0 spiro atoms. The zero-order chi connectivity index (χ0) is 14.7. The summed E-state index contributed by atoms with van der Waals surface area (Å²) in [6.45, 7) is 1.81. The lowest BCUT2D eigenvalue weighted by molar-refractivity contribution is -0.139. The van der Waals surface area contributed by atoms with Crippen molar-refractivity contribution >= 4 is 39.1 Å². The van der Waals surface area contributed by atoms with Gasteiger partial charge in [-0.05, 0) is 36.1 Å². The van der Waals surface area contributed by atoms with E-state index in [1.54, 1.807) is 29.6 Å². The molecule has 2 rings (SSSR count). The first-order valence-corrected chi connectivity index (χ1v) is 7.49. The Labute approximate surface area is 128 Å². The monoisotopic (exact) mass is 353 g/mol. The maximum atomic E-state index is 12.2. The zero-order valence-corrected chi connectivity index (χ0v) is 13.0. The summed E-state index contributed by atoms with van der Waals surface area (Å²) >= 11 is 4.60. The Balaban J connectivity index is 2.25. The number of hydrogen-bond donors (Lipinski definition) is 2. The van der Waals surface area contributed by atoms with Gasteiger partial charge >= 0.3 is 5.97 Å². The number of amides is 1. The lowest BCUT2D eigenvalue weighted by Gasteiger charge is -2.14. The minimum atomic E-state index is -1.08. The molecule has 1 heterocycles. The predicted octanol–water partition coefficient (Wildman–Crippen LogP) is 3.37. The van der Waals surface area contributed by atoms with Gasteiger partial charge in [0, 0.05) is 14.9 Å². The smallest absolute Gasteiger partial charge is 0.331 e. The van der Waals surface area contributed by atoms with Crippen LogP contribution in [0.3, 0.4) is 0 Å². The first kappa shape index (κ1) is 14.7. The van der Waals surface area contributed by atoms with Gasteiger partial charge in [-0.1, -0.05) is 28.1 Å². The van der Waals surface area contributed by atoms with Gasteiger partial charge in [-0.25, -0.2) is 4.79 Å². The van der Waals surface area contributed by atoms with Gasteiger partial charge in [0.05, 0.1) is 0 Å². The van der Waals surface area contributed by atoms with Gasteiger partial charge in [-0.15, -0.1) is 11.3 Å². The molecule has 1 atom stereocenters. The normalized spacial score (nSPS) is 11.9. The highest BCUT2D eigenvalue weighted by atomic mass is 79.9. The average Bonchev–Trinajstić information content (AvgIpc) is 2.91. The molecule has 0 bridgehead atoms. The Kier molecular flexibility index (Phi) is 4.57. The quantitative estimate of drug-likeness (QED) is 0.885. The van der Waals surface area contributed by atoms with E-state index >= 15 is 0 Å². The standard InChI is InChI=1S/C14H12BrNO3S/c1-8-4-5-9(15)7-10(8)13(17)16-12(14(18)19)11-3-2-6-20-11/h2-7,12H,1H3,(H,16,17)(H,18,19). The van der Waals surface area contributed by atoms with Gasteiger partial charge in [-0.3, -0.25) is 4.79 Å². The van der Waals surface area contributed by atoms with Crippen LogP contribution in [0, 0.1) is 6.92 Å². The Morgan fingerprint density at radius 2 is 2.10 bits per heavy atom. The van der Waals surface area contributed by atoms with Crippen LogP contribution in [0.5, 0.6) is 0 Å². The molecule has 0 radical (unpaired) electrons. The molecule has 0 aliphatic rings. The summed E-state index contributed by atoms with van der Waals surface area (Å²) < 4.78 is 0.774. The number of benzene rings is 1. The average molecular weight is 354 g/mol. The molecule has 2 aromatic rings. The SMILES string of the molecule is Cc1ccc(Br)cc1C(=O)NC(C(=O)O)c1cccs1. The fourth-order valence-electron chi connectivity index (χ4n) is 1.76. The number of rotatable bonds is 4. The maximum Gasteiger partial charge on any atom is 0.331 e. The Morgan fingerprint density at radius 1 is 1.35 bits per heavy atom. The molecule has 6 heteroatoms. The molecule has 0 saturated carbocycles. The van der Waals surface area contributed by atoms with Crippen LogP contribution in [0.1, 0.15) is 26.8 Å². The van der Waals surface area contributed by atoms with E-state index in [9.17, 15) is 14.7 Å². The number of carbonyl (C=O) groups excluding carboxylic acids is 1. The lowest BCUT2D eigenvalue weighted by atomic mass is 10.1. The molecule has 1 aromatic heterocycles. The number of aryl methyl sites for hydroxylation is 1. The van der Waals surface area contributed by atoms with Crippen molar-refractivity contribution in [3.63, 3.8) is 0 Å². The van der Waals surface area contributed by atoms with Gasteiger partial charge in [0.2, 0.25) is 0 Å². The summed E-state index contributed by atoms with van der Waals surface area (Å²) in [6, 6.07) is 7.74. The van der Waals surface area contributed by atoms with Crippen LogP contribution in [-0.2, 0) is 4.79 Å². The summed E-state index contributed by atoms with van der Waals surface area (Å²) in [5.74, 6) is -1.47. The van der Waals surface area contributed by atoms with Gasteiger partial charge in [0.15, 0.2) is 6.04 Å². The van der Waals surface area contributed by atoms with Crippen molar-refractivity contribution in [3.05, 3.63) is 56.2 Å². The minimum Gasteiger partial charge on any atom is -0.479 e. The van der Waals surface area contributed by atoms with Crippen molar-refractivity contribution in [2.24, 2.45) is 0 Å². The van der Waals surface area contributed by atoms with E-state index in [2.05, 4.69) is 21.2 Å². The Hall–Kier alpha value is -1.66. The molecular formula is C14H12BrNO3S. The number of hydrogen-bond acceptors (Lipinski definition) is 3. The van der Waals surface area contributed by atoms with E-state index in [1.807, 2.05) is 13.0 Å². The third kappa shape index (κ3) is 3.26. The van der Waals surface area contributed by atoms with E-state index in [1.165, 1.54) is 11.3 Å². The number of halogens is 1. The van der Waals surface area contributed by atoms with Gasteiger partial charge in [0.1, 0.15) is 0 Å². The van der Waals surface area contributed by atoms with E-state index < -0.39 is 17.9 Å². The molecule has 0 fully saturated rings. The van der Waals surface area contributed by atoms with Crippen molar-refractivity contribution in [2.45, 2.75) is 13.0 Å². The topological polar surface area (TPSA) is 66.4 Å². The summed E-state index contributed by atoms with van der Waals surface area (Å²) in [6.07, 6.45) is 0. The third-order valence-electron chi connectivity index (χ3n) is 2.79. The van der Waals surface area contributed by atoms with Crippen molar-refractivity contribution in [1.29, 1.82) is 0 Å². The van der Waals surface area contributed by atoms with Crippen molar-refractivity contribution in [2.75, 3.05) is 0 Å². The molecule has 104 valence electrons. The molecule has 4 nitrogen and oxygen atoms in total. The van der Waals surface area contributed by atoms with Crippen LogP contribution in [0.4, 0.5) is 0 Å². The highest BCUT2D eigenvalue weighted by molar-refractivity contribution is 9.10. The van der Waals surface area contributed by atoms with Gasteiger partial charge < -0.3 is 10.4 Å². The van der Waals surface area contributed by atoms with Gasteiger partial charge in [-0.2, -0.15) is 0 Å². The predicted molar refractivity (Wildman–Crippen MR) is 81.0 cm³/mol. The first-order valence-electron chi connectivity index (χ1n) is 5.82. The van der Waals surface area contributed by atoms with Crippen LogP contribution in [0.15, 0.2) is 40.2 Å². The van der Waals surface area contributed by atoms with Crippen LogP contribution < -0.4 is 5.32 Å². The number of aliphatic carboxylic acids is 1. The summed E-state index contributed by atoms with van der Waals surface area (Å²) in [7, 11) is 0. The fourth-order valence-corrected chi connectivity index (χ4v) is 2.89. The van der Waals surface area contributed by atoms with Crippen LogP contribution in [0.25, 0.3) is 0 Å². The highest BCUT2D eigenvalue weighted by Gasteiger charge is 2.24. The van der Waals surface area contributed by atoms with Crippen LogP contribution >= 0.6 is 27.3 Å². The molecule has 1 amide bonds. The number of nitrogens with one attached hydrogen (secondary N) is 1. The van der Waals surface area contributed by atoms with E-state index in [4.69, 9.17) is 0 Å². The number of carboxylic acid groups (broad SMARTS) is 1. The molecule has 1 unspecified atom stereocenters. The third-order valence-corrected chi connectivity index (χ3v) is 4.22. The van der Waals surface area contributed by atoms with Crippen molar-refractivity contribution in [3.8, 4) is 0 Å². The van der Waals surface area contributed by atoms with E-state index in [0.29, 0.717) is 10.4 Å². The first-order chi connectivity index (χ1) is 9.49. The highest BCUT2D eigenvalue weighted by Crippen LogP contribution is 2.21. The zero-order valence-electron chi connectivity index (χ0n) is 10.6. The number of carboxylic acids is 1.